The molecule has 0 spiro atoms. The number of hydrogen-bond acceptors (Lipinski definition) is 7. The number of rotatable bonds is 6. The van der Waals surface area contributed by atoms with E-state index in [0.29, 0.717) is 0 Å². The molecule has 1 fully saturated rings. The molecule has 5 rings (SSSR count). The molecule has 30 heavy (non-hydrogen) atoms. The van der Waals surface area contributed by atoms with Gasteiger partial charge in [0, 0.05) is 23.5 Å². The Kier molecular flexibility index (Phi) is 5.58. The lowest BCUT2D eigenvalue weighted by Crippen LogP contribution is -2.36. The number of hydrogen-bond donors (Lipinski definition) is 1. The summed E-state index contributed by atoms with van der Waals surface area (Å²) in [6, 6.07) is 8.26. The molecule has 158 valence electrons. The van der Waals surface area contributed by atoms with E-state index in [1.54, 1.807) is 7.11 Å². The third-order valence-electron chi connectivity index (χ3n) is 6.04. The molecule has 7 heteroatoms. The molecule has 1 N–H and O–H groups in total. The van der Waals surface area contributed by atoms with Crippen molar-refractivity contribution in [3.05, 3.63) is 46.1 Å². The zero-order valence-corrected chi connectivity index (χ0v) is 18.4. The summed E-state index contributed by atoms with van der Waals surface area (Å²) in [4.78, 5) is 15.0. The second-order valence-corrected chi connectivity index (χ2v) is 9.11. The number of aryl methyl sites for hydroxylation is 2. The van der Waals surface area contributed by atoms with Gasteiger partial charge in [-0.05, 0) is 37.8 Å². The van der Waals surface area contributed by atoms with Crippen molar-refractivity contribution < 1.29 is 9.47 Å². The van der Waals surface area contributed by atoms with Crippen LogP contribution in [0.15, 0.2) is 24.3 Å². The first-order valence-corrected chi connectivity index (χ1v) is 11.6. The van der Waals surface area contributed by atoms with Crippen molar-refractivity contribution >= 4 is 27.4 Å². The van der Waals surface area contributed by atoms with Gasteiger partial charge in [0.15, 0.2) is 0 Å². The van der Waals surface area contributed by atoms with Crippen LogP contribution >= 0.6 is 11.3 Å². The molecule has 2 aromatic heterocycles. The van der Waals surface area contributed by atoms with Gasteiger partial charge in [0.2, 0.25) is 0 Å². The first-order chi connectivity index (χ1) is 14.7. The van der Waals surface area contributed by atoms with E-state index in [1.165, 1.54) is 22.2 Å². The number of nitrogens with one attached hydrogen (secondary N) is 1. The predicted octanol–water partition coefficient (Wildman–Crippen LogP) is 4.19. The monoisotopic (exact) mass is 424 g/mol. The summed E-state index contributed by atoms with van der Waals surface area (Å²) in [7, 11) is 1.72. The summed E-state index contributed by atoms with van der Waals surface area (Å²) >= 11 is 1.85. The second-order valence-electron chi connectivity index (χ2n) is 8.02. The van der Waals surface area contributed by atoms with Crippen LogP contribution in [0.4, 0.5) is 5.82 Å². The van der Waals surface area contributed by atoms with Gasteiger partial charge in [0.1, 0.15) is 22.2 Å². The first-order valence-electron chi connectivity index (χ1n) is 10.7. The summed E-state index contributed by atoms with van der Waals surface area (Å²) in [6.07, 6.45) is 3.52. The normalized spacial score (nSPS) is 17.8. The Hall–Kier alpha value is -2.22. The molecule has 0 radical (unpaired) electrons. The van der Waals surface area contributed by atoms with E-state index in [-0.39, 0.29) is 6.04 Å². The lowest BCUT2D eigenvalue weighted by molar-refractivity contribution is 0.0331. The van der Waals surface area contributed by atoms with Crippen LogP contribution < -0.4 is 10.1 Å². The van der Waals surface area contributed by atoms with E-state index in [4.69, 9.17) is 19.4 Å². The van der Waals surface area contributed by atoms with Gasteiger partial charge in [-0.25, -0.2) is 9.97 Å². The summed E-state index contributed by atoms with van der Waals surface area (Å²) in [6.45, 7) is 6.36. The lowest BCUT2D eigenvalue weighted by atomic mass is 10.1. The maximum absolute atomic E-state index is 5.59. The highest BCUT2D eigenvalue weighted by Crippen LogP contribution is 2.40. The third-order valence-corrected chi connectivity index (χ3v) is 7.22. The van der Waals surface area contributed by atoms with E-state index in [2.05, 4.69) is 29.3 Å². The van der Waals surface area contributed by atoms with E-state index >= 15 is 0 Å². The standard InChI is InChI=1S/C23H28N4O2S/c1-15(16-6-3-4-8-18(16)28-2)24-22-21-17-7-5-9-19(17)30-23(21)26-20(25-22)14-27-10-12-29-13-11-27/h3-4,6,8,15H,5,7,9-14H2,1-2H3,(H,24,25,26)/t15-/m0/s1. The molecular weight excluding hydrogens is 396 g/mol. The van der Waals surface area contributed by atoms with Gasteiger partial charge in [-0.15, -0.1) is 11.3 Å². The van der Waals surface area contributed by atoms with Gasteiger partial charge in [-0.1, -0.05) is 18.2 Å². The van der Waals surface area contributed by atoms with Gasteiger partial charge in [0.05, 0.1) is 38.3 Å². The minimum absolute atomic E-state index is 0.0763. The van der Waals surface area contributed by atoms with Gasteiger partial charge in [-0.3, -0.25) is 4.90 Å². The summed E-state index contributed by atoms with van der Waals surface area (Å²) in [5, 5.41) is 4.92. The van der Waals surface area contributed by atoms with Gasteiger partial charge >= 0.3 is 0 Å². The molecule has 6 nitrogen and oxygen atoms in total. The highest BCUT2D eigenvalue weighted by Gasteiger charge is 2.24. The molecule has 0 amide bonds. The van der Waals surface area contributed by atoms with Crippen molar-refractivity contribution in [3.8, 4) is 5.75 Å². The highest BCUT2D eigenvalue weighted by molar-refractivity contribution is 7.19. The second kappa shape index (κ2) is 8.49. The number of anilines is 1. The van der Waals surface area contributed by atoms with Crippen LogP contribution in [0.3, 0.4) is 0 Å². The van der Waals surface area contributed by atoms with E-state index in [0.717, 1.165) is 73.5 Å². The number of methoxy groups -OCH3 is 1. The minimum atomic E-state index is 0.0763. The average molecular weight is 425 g/mol. The van der Waals surface area contributed by atoms with Crippen LogP contribution in [-0.4, -0.2) is 48.3 Å². The van der Waals surface area contributed by atoms with Gasteiger partial charge in [0.25, 0.3) is 0 Å². The fraction of sp³-hybridized carbons (Fsp3) is 0.478. The summed E-state index contributed by atoms with van der Waals surface area (Å²) in [5.41, 5.74) is 2.58. The molecule has 2 aliphatic rings. The lowest BCUT2D eigenvalue weighted by Gasteiger charge is -2.26. The van der Waals surface area contributed by atoms with Gasteiger partial charge < -0.3 is 14.8 Å². The highest BCUT2D eigenvalue weighted by atomic mass is 32.1. The number of thiophene rings is 1. The number of aromatic nitrogens is 2. The Morgan fingerprint density at radius 1 is 1.20 bits per heavy atom. The Bertz CT molecular complexity index is 1050. The summed E-state index contributed by atoms with van der Waals surface area (Å²) in [5.74, 6) is 2.74. The van der Waals surface area contributed by atoms with Crippen LogP contribution in [0.5, 0.6) is 5.75 Å². The molecule has 0 bridgehead atoms. The van der Waals surface area contributed by atoms with E-state index < -0.39 is 0 Å². The third kappa shape index (κ3) is 3.77. The number of morpholine rings is 1. The topological polar surface area (TPSA) is 59.5 Å². The number of ether oxygens (including phenoxy) is 2. The Labute approximate surface area is 181 Å². The SMILES string of the molecule is COc1ccccc1[C@H](C)Nc1nc(CN2CCOCC2)nc2sc3c(c12)CCC3. The molecule has 0 unspecified atom stereocenters. The molecule has 3 aromatic rings. The minimum Gasteiger partial charge on any atom is -0.496 e. The van der Waals surface area contributed by atoms with Gasteiger partial charge in [-0.2, -0.15) is 0 Å². The van der Waals surface area contributed by atoms with Crippen LogP contribution in [0.2, 0.25) is 0 Å². The zero-order valence-electron chi connectivity index (χ0n) is 17.6. The summed E-state index contributed by atoms with van der Waals surface area (Å²) < 4.78 is 11.1. The number of para-hydroxylation sites is 1. The maximum Gasteiger partial charge on any atom is 0.146 e. The van der Waals surface area contributed by atoms with Crippen LogP contribution in [0.25, 0.3) is 10.2 Å². The van der Waals surface area contributed by atoms with Crippen molar-refractivity contribution in [1.82, 2.24) is 14.9 Å². The number of fused-ring (bicyclic) bond motifs is 3. The Morgan fingerprint density at radius 3 is 2.87 bits per heavy atom. The zero-order chi connectivity index (χ0) is 20.5. The van der Waals surface area contributed by atoms with Crippen molar-refractivity contribution in [2.24, 2.45) is 0 Å². The maximum atomic E-state index is 5.59. The quantitative estimate of drug-likeness (QED) is 0.640. The van der Waals surface area contributed by atoms with Crippen LogP contribution in [-0.2, 0) is 24.1 Å². The Balaban J connectivity index is 1.51. The smallest absolute Gasteiger partial charge is 0.146 e. The molecular formula is C23H28N4O2S. The van der Waals surface area contributed by atoms with Crippen molar-refractivity contribution in [2.45, 2.75) is 38.8 Å². The Morgan fingerprint density at radius 2 is 2.03 bits per heavy atom. The van der Waals surface area contributed by atoms with E-state index in [9.17, 15) is 0 Å². The molecule has 3 heterocycles. The first kappa shape index (κ1) is 19.7. The molecule has 0 saturated carbocycles. The number of nitrogens with zero attached hydrogens (tertiary/aromatic N) is 3. The van der Waals surface area contributed by atoms with Crippen LogP contribution in [0, 0.1) is 0 Å². The fourth-order valence-electron chi connectivity index (χ4n) is 4.48. The van der Waals surface area contributed by atoms with E-state index in [1.807, 2.05) is 23.5 Å². The molecule has 1 saturated heterocycles. The largest absolute Gasteiger partial charge is 0.496 e. The molecule has 1 aromatic carbocycles. The fourth-order valence-corrected chi connectivity index (χ4v) is 5.76. The van der Waals surface area contributed by atoms with Crippen molar-refractivity contribution in [3.63, 3.8) is 0 Å². The average Bonchev–Trinajstić information content (AvgIpc) is 3.35. The number of benzene rings is 1. The van der Waals surface area contributed by atoms with Crippen molar-refractivity contribution in [2.75, 3.05) is 38.7 Å². The van der Waals surface area contributed by atoms with Crippen LogP contribution in [0.1, 0.15) is 41.2 Å². The molecule has 1 aliphatic heterocycles. The predicted molar refractivity (Wildman–Crippen MR) is 121 cm³/mol. The molecule has 1 aliphatic carbocycles. The molecule has 1 atom stereocenters. The van der Waals surface area contributed by atoms with Crippen molar-refractivity contribution in [1.29, 1.82) is 0 Å².